The van der Waals surface area contributed by atoms with Crippen molar-refractivity contribution < 1.29 is 29.3 Å². The van der Waals surface area contributed by atoms with Crippen LogP contribution in [0.15, 0.2) is 24.6 Å². The molecule has 0 unspecified atom stereocenters. The first-order valence-corrected chi connectivity index (χ1v) is 4.24. The van der Waals surface area contributed by atoms with Gasteiger partial charge in [0.2, 0.25) is 0 Å². The molecule has 88 valence electrons. The highest BCUT2D eigenvalue weighted by molar-refractivity contribution is 5.82. The Morgan fingerprint density at radius 3 is 1.88 bits per heavy atom. The fourth-order valence-electron chi connectivity index (χ4n) is 0.658. The highest BCUT2D eigenvalue weighted by Crippen LogP contribution is 1.97. The largest absolute Gasteiger partial charge is 0.478 e. The first kappa shape index (κ1) is 13.7. The molecule has 0 bridgehead atoms. The summed E-state index contributed by atoms with van der Waals surface area (Å²) >= 11 is 0. The van der Waals surface area contributed by atoms with Crippen LogP contribution >= 0.6 is 0 Å². The summed E-state index contributed by atoms with van der Waals surface area (Å²) in [6.45, 7) is 1.66. The van der Waals surface area contributed by atoms with Crippen molar-refractivity contribution >= 4 is 18.0 Å². The highest BCUT2D eigenvalue weighted by Gasteiger charge is 2.08. The smallest absolute Gasteiger partial charge is 0.417 e. The van der Waals surface area contributed by atoms with E-state index in [1.54, 1.807) is 6.92 Å². The monoisotopic (exact) mass is 229 g/mol. The van der Waals surface area contributed by atoms with E-state index in [1.165, 1.54) is 0 Å². The average molecular weight is 229 g/mol. The second-order valence-electron chi connectivity index (χ2n) is 2.41. The lowest BCUT2D eigenvalue weighted by Crippen LogP contribution is -2.21. The van der Waals surface area contributed by atoms with Crippen molar-refractivity contribution in [2.45, 2.75) is 6.92 Å². The van der Waals surface area contributed by atoms with Crippen molar-refractivity contribution in [1.29, 1.82) is 0 Å². The molecule has 0 saturated carbocycles. The molecule has 7 nitrogen and oxygen atoms in total. The van der Waals surface area contributed by atoms with Gasteiger partial charge in [0.1, 0.15) is 0 Å². The molecule has 0 fully saturated rings. The van der Waals surface area contributed by atoms with E-state index in [0.717, 1.165) is 12.4 Å². The van der Waals surface area contributed by atoms with Crippen molar-refractivity contribution in [2.24, 2.45) is 0 Å². The van der Waals surface area contributed by atoms with Gasteiger partial charge in [-0.2, -0.15) is 0 Å². The predicted molar refractivity (Wildman–Crippen MR) is 52.4 cm³/mol. The lowest BCUT2D eigenvalue weighted by atomic mass is 10.5. The summed E-state index contributed by atoms with van der Waals surface area (Å²) in [6, 6.07) is 0. The zero-order valence-corrected chi connectivity index (χ0v) is 8.49. The molecule has 1 amide bonds. The molecule has 0 spiro atoms. The standard InChI is InChI=1S/C9H11NO6/c1-2-16-9(15)10(5-3-7(11)12)6-4-8(13)14/h3-6H,2H2,1H3,(H,11,12)(H,13,14). The highest BCUT2D eigenvalue weighted by atomic mass is 16.6. The lowest BCUT2D eigenvalue weighted by molar-refractivity contribution is -0.132. The summed E-state index contributed by atoms with van der Waals surface area (Å²) in [5.74, 6) is -2.53. The van der Waals surface area contributed by atoms with E-state index in [2.05, 4.69) is 4.74 Å². The van der Waals surface area contributed by atoms with Crippen LogP contribution < -0.4 is 0 Å². The molecule has 0 rings (SSSR count). The van der Waals surface area contributed by atoms with E-state index in [4.69, 9.17) is 10.2 Å². The number of aliphatic carboxylic acids is 2. The Bertz CT molecular complexity index is 309. The van der Waals surface area contributed by atoms with Gasteiger partial charge < -0.3 is 14.9 Å². The number of carbonyl (C=O) groups is 3. The Kier molecular flexibility index (Phi) is 6.03. The van der Waals surface area contributed by atoms with Crippen LogP contribution in [0.4, 0.5) is 4.79 Å². The molecule has 0 radical (unpaired) electrons. The number of ether oxygens (including phenoxy) is 1. The van der Waals surface area contributed by atoms with E-state index in [0.29, 0.717) is 17.1 Å². The molecule has 0 aliphatic carbocycles. The fourth-order valence-corrected chi connectivity index (χ4v) is 0.658. The molecule has 0 atom stereocenters. The maximum atomic E-state index is 11.2. The Labute approximate surface area is 91.2 Å². The summed E-state index contributed by atoms with van der Waals surface area (Å²) < 4.78 is 4.57. The zero-order chi connectivity index (χ0) is 12.6. The first-order chi connectivity index (χ1) is 7.47. The molecule has 0 aliphatic heterocycles. The second-order valence-corrected chi connectivity index (χ2v) is 2.41. The van der Waals surface area contributed by atoms with Crippen molar-refractivity contribution in [3.8, 4) is 0 Å². The quantitative estimate of drug-likeness (QED) is 0.670. The molecule has 16 heavy (non-hydrogen) atoms. The minimum atomic E-state index is -1.27. The number of hydrogen-bond donors (Lipinski definition) is 2. The van der Waals surface area contributed by atoms with Gasteiger partial charge in [0, 0.05) is 24.6 Å². The summed E-state index contributed by atoms with van der Waals surface area (Å²) in [7, 11) is 0. The summed E-state index contributed by atoms with van der Waals surface area (Å²) in [4.78, 5) is 32.3. The topological polar surface area (TPSA) is 104 Å². The second kappa shape index (κ2) is 7.04. The molecule has 0 heterocycles. The SMILES string of the molecule is CCOC(=O)N(C=CC(=O)O)C=CC(=O)O. The number of amides is 1. The van der Waals surface area contributed by atoms with Crippen LogP contribution in [0.25, 0.3) is 0 Å². The fraction of sp³-hybridized carbons (Fsp3) is 0.222. The Morgan fingerprint density at radius 1 is 1.12 bits per heavy atom. The van der Waals surface area contributed by atoms with Gasteiger partial charge in [0.05, 0.1) is 6.61 Å². The molecule has 0 aromatic rings. The van der Waals surface area contributed by atoms with Gasteiger partial charge in [-0.1, -0.05) is 0 Å². The number of rotatable bonds is 5. The third-order valence-corrected chi connectivity index (χ3v) is 1.23. The molecular formula is C9H11NO6. The van der Waals surface area contributed by atoms with Crippen LogP contribution in [-0.4, -0.2) is 39.8 Å². The molecule has 0 saturated heterocycles. The van der Waals surface area contributed by atoms with Gasteiger partial charge in [-0.3, -0.25) is 4.90 Å². The predicted octanol–water partition coefficient (Wildman–Crippen LogP) is 0.641. The zero-order valence-electron chi connectivity index (χ0n) is 8.49. The minimum Gasteiger partial charge on any atom is -0.478 e. The van der Waals surface area contributed by atoms with Crippen molar-refractivity contribution in [1.82, 2.24) is 4.90 Å². The van der Waals surface area contributed by atoms with Gasteiger partial charge in [0.15, 0.2) is 0 Å². The van der Waals surface area contributed by atoms with E-state index < -0.39 is 18.0 Å². The van der Waals surface area contributed by atoms with Gasteiger partial charge in [-0.15, -0.1) is 0 Å². The average Bonchev–Trinajstić information content (AvgIpc) is 2.17. The van der Waals surface area contributed by atoms with Gasteiger partial charge in [0.25, 0.3) is 0 Å². The van der Waals surface area contributed by atoms with Crippen LogP contribution in [0.3, 0.4) is 0 Å². The molecular weight excluding hydrogens is 218 g/mol. The van der Waals surface area contributed by atoms with E-state index in [1.807, 2.05) is 0 Å². The van der Waals surface area contributed by atoms with E-state index in [9.17, 15) is 14.4 Å². The Balaban J connectivity index is 4.69. The molecule has 0 aliphatic rings. The van der Waals surface area contributed by atoms with Crippen LogP contribution in [0, 0.1) is 0 Å². The van der Waals surface area contributed by atoms with Crippen LogP contribution in [0.5, 0.6) is 0 Å². The molecule has 2 N–H and O–H groups in total. The maximum absolute atomic E-state index is 11.2. The van der Waals surface area contributed by atoms with Gasteiger partial charge >= 0.3 is 18.0 Å². The molecule has 0 aromatic heterocycles. The van der Waals surface area contributed by atoms with Crippen molar-refractivity contribution in [3.63, 3.8) is 0 Å². The number of carbonyl (C=O) groups excluding carboxylic acids is 1. The Morgan fingerprint density at radius 2 is 1.56 bits per heavy atom. The third-order valence-electron chi connectivity index (χ3n) is 1.23. The molecule has 7 heteroatoms. The normalized spacial score (nSPS) is 10.6. The number of nitrogens with zero attached hydrogens (tertiary/aromatic N) is 1. The van der Waals surface area contributed by atoms with Crippen LogP contribution in [0.2, 0.25) is 0 Å². The number of carboxylic acids is 2. The summed E-state index contributed by atoms with van der Waals surface area (Å²) in [5, 5.41) is 16.7. The number of hydrogen-bond acceptors (Lipinski definition) is 4. The van der Waals surface area contributed by atoms with Crippen LogP contribution in [0.1, 0.15) is 6.92 Å². The van der Waals surface area contributed by atoms with E-state index >= 15 is 0 Å². The minimum absolute atomic E-state index is 0.0944. The van der Waals surface area contributed by atoms with Gasteiger partial charge in [-0.25, -0.2) is 14.4 Å². The lowest BCUT2D eigenvalue weighted by Gasteiger charge is -2.11. The Hall–Kier alpha value is -2.31. The third kappa shape index (κ3) is 6.19. The maximum Gasteiger partial charge on any atom is 0.417 e. The van der Waals surface area contributed by atoms with Crippen LogP contribution in [-0.2, 0) is 14.3 Å². The summed E-state index contributed by atoms with van der Waals surface area (Å²) in [6.07, 6.45) is 2.28. The van der Waals surface area contributed by atoms with Crippen molar-refractivity contribution in [3.05, 3.63) is 24.6 Å². The first-order valence-electron chi connectivity index (χ1n) is 4.24. The van der Waals surface area contributed by atoms with Gasteiger partial charge in [-0.05, 0) is 6.92 Å². The van der Waals surface area contributed by atoms with Crippen molar-refractivity contribution in [2.75, 3.05) is 6.61 Å². The molecule has 0 aromatic carbocycles. The number of carboxylic acid groups (broad SMARTS) is 2. The van der Waals surface area contributed by atoms with E-state index in [-0.39, 0.29) is 6.61 Å². The summed E-state index contributed by atoms with van der Waals surface area (Å²) in [5.41, 5.74) is 0.